The van der Waals surface area contributed by atoms with E-state index < -0.39 is 0 Å². The number of hydrogen-bond donors (Lipinski definition) is 1. The summed E-state index contributed by atoms with van der Waals surface area (Å²) in [5, 5.41) is 0.526. The third-order valence-electron chi connectivity index (χ3n) is 6.01. The molecule has 3 aromatic rings. The van der Waals surface area contributed by atoms with Crippen LogP contribution in [0.1, 0.15) is 29.6 Å². The third-order valence-corrected chi connectivity index (χ3v) is 6.25. The van der Waals surface area contributed by atoms with Crippen molar-refractivity contribution in [1.29, 1.82) is 0 Å². The van der Waals surface area contributed by atoms with E-state index in [0.29, 0.717) is 48.9 Å². The number of aromatic amines is 1. The summed E-state index contributed by atoms with van der Waals surface area (Å²) in [6.45, 7) is 3.38. The van der Waals surface area contributed by atoms with Crippen LogP contribution in [-0.2, 0) is 4.79 Å². The highest BCUT2D eigenvalue weighted by atomic mass is 35.5. The molecule has 31 heavy (non-hydrogen) atoms. The molecule has 5 rings (SSSR count). The minimum Gasteiger partial charge on any atom is -0.341 e. The summed E-state index contributed by atoms with van der Waals surface area (Å²) in [6.07, 6.45) is 2.15. The van der Waals surface area contributed by atoms with Crippen LogP contribution in [0.5, 0.6) is 0 Å². The topological polar surface area (TPSA) is 72.5 Å². The predicted molar refractivity (Wildman–Crippen MR) is 122 cm³/mol. The Kier molecular flexibility index (Phi) is 5.28. The number of rotatable bonds is 3. The van der Waals surface area contributed by atoms with E-state index in [9.17, 15) is 9.59 Å². The molecule has 0 bridgehead atoms. The standard InChI is InChI=1S/C23H24ClN5O2/c24-16-8-9-17(20(15-16)29-12-3-7-21(29)30)22(31)27-10-4-11-28(14-13-27)23-25-18-5-1-2-6-19(18)26-23/h1-2,5-6,8-9,15H,3-4,7,10-14H2,(H,25,26). The Morgan fingerprint density at radius 2 is 1.87 bits per heavy atom. The maximum absolute atomic E-state index is 13.4. The molecule has 2 saturated heterocycles. The molecule has 2 aromatic carbocycles. The molecule has 2 amide bonds. The zero-order chi connectivity index (χ0) is 21.4. The first kappa shape index (κ1) is 19.9. The third kappa shape index (κ3) is 3.85. The average Bonchev–Trinajstić information content (AvgIpc) is 3.32. The monoisotopic (exact) mass is 437 g/mol. The van der Waals surface area contributed by atoms with E-state index in [1.165, 1.54) is 0 Å². The largest absolute Gasteiger partial charge is 0.341 e. The number of fused-ring (bicyclic) bond motifs is 1. The van der Waals surface area contributed by atoms with Gasteiger partial charge in [0.1, 0.15) is 0 Å². The fraction of sp³-hybridized carbons (Fsp3) is 0.348. The molecular formula is C23H24ClN5O2. The lowest BCUT2D eigenvalue weighted by atomic mass is 10.1. The van der Waals surface area contributed by atoms with Crippen LogP contribution in [-0.4, -0.2) is 59.4 Å². The number of amides is 2. The van der Waals surface area contributed by atoms with Gasteiger partial charge in [-0.05, 0) is 43.2 Å². The lowest BCUT2D eigenvalue weighted by Gasteiger charge is -2.25. The second kappa shape index (κ2) is 8.23. The summed E-state index contributed by atoms with van der Waals surface area (Å²) >= 11 is 6.20. The molecular weight excluding hydrogens is 414 g/mol. The zero-order valence-electron chi connectivity index (χ0n) is 17.2. The van der Waals surface area contributed by atoms with Gasteiger partial charge in [-0.15, -0.1) is 0 Å². The number of aromatic nitrogens is 2. The van der Waals surface area contributed by atoms with Gasteiger partial charge in [0.15, 0.2) is 0 Å². The van der Waals surface area contributed by atoms with E-state index >= 15 is 0 Å². The minimum atomic E-state index is -0.0576. The SMILES string of the molecule is O=C(c1ccc(Cl)cc1N1CCCC1=O)N1CCCN(c2nc3ccccc3[nH]2)CC1. The molecule has 0 atom stereocenters. The van der Waals surface area contributed by atoms with Crippen LogP contribution in [0.15, 0.2) is 42.5 Å². The highest BCUT2D eigenvalue weighted by molar-refractivity contribution is 6.31. The summed E-state index contributed by atoms with van der Waals surface area (Å²) in [5.41, 5.74) is 3.11. The predicted octanol–water partition coefficient (Wildman–Crippen LogP) is 3.70. The van der Waals surface area contributed by atoms with E-state index in [1.54, 1.807) is 23.1 Å². The van der Waals surface area contributed by atoms with Gasteiger partial charge in [0.2, 0.25) is 11.9 Å². The van der Waals surface area contributed by atoms with Crippen molar-refractivity contribution >= 4 is 46.1 Å². The van der Waals surface area contributed by atoms with E-state index in [0.717, 1.165) is 36.4 Å². The summed E-state index contributed by atoms with van der Waals surface area (Å²) in [6, 6.07) is 13.2. The molecule has 0 unspecified atom stereocenters. The number of carbonyl (C=O) groups is 2. The molecule has 2 aliphatic rings. The van der Waals surface area contributed by atoms with Crippen LogP contribution in [0.3, 0.4) is 0 Å². The first-order chi connectivity index (χ1) is 15.1. The average molecular weight is 438 g/mol. The number of hydrogen-bond acceptors (Lipinski definition) is 4. The number of H-pyrrole nitrogens is 1. The number of halogens is 1. The van der Waals surface area contributed by atoms with Gasteiger partial charge in [0, 0.05) is 44.2 Å². The summed E-state index contributed by atoms with van der Waals surface area (Å²) in [4.78, 5) is 39.6. The second-order valence-electron chi connectivity index (χ2n) is 8.02. The van der Waals surface area contributed by atoms with Gasteiger partial charge < -0.3 is 19.7 Å². The van der Waals surface area contributed by atoms with Crippen molar-refractivity contribution in [2.45, 2.75) is 19.3 Å². The van der Waals surface area contributed by atoms with Gasteiger partial charge in [-0.2, -0.15) is 0 Å². The first-order valence-electron chi connectivity index (χ1n) is 10.7. The molecule has 7 nitrogen and oxygen atoms in total. The van der Waals surface area contributed by atoms with Crippen LogP contribution in [0.2, 0.25) is 5.02 Å². The Balaban J connectivity index is 1.35. The molecule has 160 valence electrons. The molecule has 1 N–H and O–H groups in total. The van der Waals surface area contributed by atoms with Gasteiger partial charge in [0.25, 0.3) is 5.91 Å². The van der Waals surface area contributed by atoms with Crippen LogP contribution < -0.4 is 9.80 Å². The molecule has 0 saturated carbocycles. The highest BCUT2D eigenvalue weighted by Crippen LogP contribution is 2.30. The van der Waals surface area contributed by atoms with Crippen LogP contribution in [0.25, 0.3) is 11.0 Å². The van der Waals surface area contributed by atoms with Crippen molar-refractivity contribution in [1.82, 2.24) is 14.9 Å². The molecule has 1 aromatic heterocycles. The van der Waals surface area contributed by atoms with Gasteiger partial charge >= 0.3 is 0 Å². The number of anilines is 2. The highest BCUT2D eigenvalue weighted by Gasteiger charge is 2.29. The number of para-hydroxylation sites is 2. The fourth-order valence-electron chi connectivity index (χ4n) is 4.40. The van der Waals surface area contributed by atoms with Gasteiger partial charge in [-0.3, -0.25) is 9.59 Å². The minimum absolute atomic E-state index is 0.0447. The Morgan fingerprint density at radius 1 is 1.00 bits per heavy atom. The molecule has 0 radical (unpaired) electrons. The van der Waals surface area contributed by atoms with Crippen molar-refractivity contribution in [3.05, 3.63) is 53.1 Å². The molecule has 0 spiro atoms. The van der Waals surface area contributed by atoms with Crippen LogP contribution in [0.4, 0.5) is 11.6 Å². The van der Waals surface area contributed by atoms with E-state index in [2.05, 4.69) is 9.88 Å². The normalized spacial score (nSPS) is 17.5. The Morgan fingerprint density at radius 3 is 2.68 bits per heavy atom. The molecule has 8 heteroatoms. The van der Waals surface area contributed by atoms with Crippen LogP contribution >= 0.6 is 11.6 Å². The number of nitrogens with zero attached hydrogens (tertiary/aromatic N) is 4. The van der Waals surface area contributed by atoms with Crippen LogP contribution in [0, 0.1) is 0 Å². The maximum Gasteiger partial charge on any atom is 0.256 e. The number of benzene rings is 2. The Labute approximate surface area is 185 Å². The fourth-order valence-corrected chi connectivity index (χ4v) is 4.57. The van der Waals surface area contributed by atoms with Gasteiger partial charge in [-0.25, -0.2) is 4.98 Å². The number of imidazole rings is 1. The van der Waals surface area contributed by atoms with Crippen molar-refractivity contribution in [2.75, 3.05) is 42.5 Å². The van der Waals surface area contributed by atoms with Crippen molar-refractivity contribution < 1.29 is 9.59 Å². The Bertz CT molecular complexity index is 1110. The molecule has 2 aliphatic heterocycles. The number of nitrogens with one attached hydrogen (secondary N) is 1. The lowest BCUT2D eigenvalue weighted by molar-refractivity contribution is -0.117. The van der Waals surface area contributed by atoms with Crippen molar-refractivity contribution in [3.8, 4) is 0 Å². The Hall–Kier alpha value is -3.06. The van der Waals surface area contributed by atoms with Gasteiger partial charge in [0.05, 0.1) is 22.3 Å². The van der Waals surface area contributed by atoms with E-state index in [-0.39, 0.29) is 11.8 Å². The van der Waals surface area contributed by atoms with Gasteiger partial charge in [-0.1, -0.05) is 23.7 Å². The van der Waals surface area contributed by atoms with Crippen molar-refractivity contribution in [3.63, 3.8) is 0 Å². The molecule has 2 fully saturated rings. The smallest absolute Gasteiger partial charge is 0.256 e. The van der Waals surface area contributed by atoms with Crippen molar-refractivity contribution in [2.24, 2.45) is 0 Å². The van der Waals surface area contributed by atoms with E-state index in [4.69, 9.17) is 16.6 Å². The lowest BCUT2D eigenvalue weighted by Crippen LogP contribution is -2.36. The number of carbonyl (C=O) groups excluding carboxylic acids is 2. The zero-order valence-corrected chi connectivity index (χ0v) is 17.9. The summed E-state index contributed by atoms with van der Waals surface area (Å²) < 4.78 is 0. The molecule has 3 heterocycles. The first-order valence-corrected chi connectivity index (χ1v) is 11.1. The summed E-state index contributed by atoms with van der Waals surface area (Å²) in [5.74, 6) is 0.825. The molecule has 0 aliphatic carbocycles. The summed E-state index contributed by atoms with van der Waals surface area (Å²) in [7, 11) is 0. The quantitative estimate of drug-likeness (QED) is 0.678. The van der Waals surface area contributed by atoms with E-state index in [1.807, 2.05) is 29.2 Å². The second-order valence-corrected chi connectivity index (χ2v) is 8.46. The maximum atomic E-state index is 13.4.